The van der Waals surface area contributed by atoms with Gasteiger partial charge in [0.15, 0.2) is 0 Å². The van der Waals surface area contributed by atoms with Gasteiger partial charge in [0.2, 0.25) is 0 Å². The molecule has 3 N–H and O–H groups in total. The Kier molecular flexibility index (Phi) is 7.65. The lowest BCUT2D eigenvalue weighted by Gasteiger charge is -2.35. The molecule has 0 aliphatic carbocycles. The zero-order valence-electron chi connectivity index (χ0n) is 14.4. The van der Waals surface area contributed by atoms with Crippen LogP contribution in [0.15, 0.2) is 48.7 Å². The van der Waals surface area contributed by atoms with E-state index in [4.69, 9.17) is 10.8 Å². The lowest BCUT2D eigenvalue weighted by atomic mass is 10.1. The van der Waals surface area contributed by atoms with Crippen molar-refractivity contribution in [2.24, 2.45) is 5.73 Å². The zero-order valence-corrected chi connectivity index (χ0v) is 15.2. The molecule has 2 heterocycles. The molecule has 0 bridgehead atoms. The number of aromatic nitrogens is 1. The maximum absolute atomic E-state index is 9.03. The molecule has 0 amide bonds. The lowest BCUT2D eigenvalue weighted by Crippen LogP contribution is -2.46. The van der Waals surface area contributed by atoms with Crippen molar-refractivity contribution in [1.29, 1.82) is 0 Å². The largest absolute Gasteiger partial charge is 0.395 e. The molecule has 0 spiro atoms. The van der Waals surface area contributed by atoms with Gasteiger partial charge in [-0.3, -0.25) is 4.90 Å². The van der Waals surface area contributed by atoms with E-state index in [1.807, 2.05) is 6.20 Å². The summed E-state index contributed by atoms with van der Waals surface area (Å²) in [5, 5.41) is 9.03. The highest BCUT2D eigenvalue weighted by Crippen LogP contribution is 2.16. The highest BCUT2D eigenvalue weighted by Gasteiger charge is 2.18. The molecular weight excluding hydrogens is 336 g/mol. The maximum Gasteiger partial charge on any atom is 0.128 e. The number of benzene rings is 1. The van der Waals surface area contributed by atoms with E-state index in [9.17, 15) is 0 Å². The number of rotatable bonds is 6. The second-order valence-electron chi connectivity index (χ2n) is 6.42. The number of aliphatic hydroxyl groups is 1. The summed E-state index contributed by atoms with van der Waals surface area (Å²) in [4.78, 5) is 9.39. The fourth-order valence-electron chi connectivity index (χ4n) is 3.07. The molecule has 1 atom stereocenters. The predicted molar refractivity (Wildman–Crippen MR) is 104 cm³/mol. The molecule has 1 aliphatic heterocycles. The highest BCUT2D eigenvalue weighted by molar-refractivity contribution is 5.85. The zero-order chi connectivity index (χ0) is 16.8. The number of nitrogens with zero attached hydrogens (tertiary/aromatic N) is 3. The first-order valence-corrected chi connectivity index (χ1v) is 8.57. The molecule has 136 valence electrons. The van der Waals surface area contributed by atoms with Crippen molar-refractivity contribution in [3.8, 4) is 0 Å². The Bertz CT molecular complexity index is 615. The van der Waals surface area contributed by atoms with E-state index in [0.717, 1.165) is 44.1 Å². The maximum atomic E-state index is 9.03. The SMILES string of the molecule is Cl.NC(CO)Cc1ccc(N2CCN(Cc3ccccc3)CC2)nc1. The first-order chi connectivity index (χ1) is 11.7. The Morgan fingerprint density at radius 1 is 1.00 bits per heavy atom. The number of hydrogen-bond donors (Lipinski definition) is 2. The molecule has 1 aromatic heterocycles. The standard InChI is InChI=1S/C19H26N4O.ClH/c20-18(15-24)12-17-6-7-19(21-13-17)23-10-8-22(9-11-23)14-16-4-2-1-3-5-16;/h1-7,13,18,24H,8-12,14-15,20H2;1H. The van der Waals surface area contributed by atoms with Gasteiger partial charge in [-0.1, -0.05) is 36.4 Å². The van der Waals surface area contributed by atoms with Crippen molar-refractivity contribution < 1.29 is 5.11 Å². The van der Waals surface area contributed by atoms with Crippen LogP contribution in [0.25, 0.3) is 0 Å². The van der Waals surface area contributed by atoms with Crippen LogP contribution in [-0.2, 0) is 13.0 Å². The van der Waals surface area contributed by atoms with Gasteiger partial charge >= 0.3 is 0 Å². The fraction of sp³-hybridized carbons (Fsp3) is 0.421. The number of anilines is 1. The van der Waals surface area contributed by atoms with Crippen molar-refractivity contribution in [3.63, 3.8) is 0 Å². The molecule has 0 saturated carbocycles. The number of pyridine rings is 1. The van der Waals surface area contributed by atoms with E-state index >= 15 is 0 Å². The van der Waals surface area contributed by atoms with Crippen LogP contribution < -0.4 is 10.6 Å². The minimum atomic E-state index is -0.209. The number of aliphatic hydroxyl groups excluding tert-OH is 1. The quantitative estimate of drug-likeness (QED) is 0.818. The average Bonchev–Trinajstić information content (AvgIpc) is 2.64. The van der Waals surface area contributed by atoms with Gasteiger partial charge in [-0.2, -0.15) is 0 Å². The smallest absolute Gasteiger partial charge is 0.128 e. The summed E-state index contributed by atoms with van der Waals surface area (Å²) in [5.74, 6) is 1.02. The van der Waals surface area contributed by atoms with Gasteiger partial charge < -0.3 is 15.7 Å². The van der Waals surface area contributed by atoms with E-state index in [-0.39, 0.29) is 25.1 Å². The van der Waals surface area contributed by atoms with Gasteiger partial charge in [0.05, 0.1) is 6.61 Å². The number of piperazine rings is 1. The van der Waals surface area contributed by atoms with Gasteiger partial charge in [-0.25, -0.2) is 4.98 Å². The molecule has 6 heteroatoms. The van der Waals surface area contributed by atoms with Gasteiger partial charge in [0.1, 0.15) is 5.82 Å². The molecule has 1 saturated heterocycles. The summed E-state index contributed by atoms with van der Waals surface area (Å²) in [6, 6.07) is 14.5. The van der Waals surface area contributed by atoms with Crippen molar-refractivity contribution in [2.45, 2.75) is 19.0 Å². The third-order valence-electron chi connectivity index (χ3n) is 4.49. The molecule has 5 nitrogen and oxygen atoms in total. The molecular formula is C19H27ClN4O. The normalized spacial score (nSPS) is 16.3. The van der Waals surface area contributed by atoms with Crippen LogP contribution in [-0.4, -0.2) is 53.8 Å². The average molecular weight is 363 g/mol. The first-order valence-electron chi connectivity index (χ1n) is 8.57. The Labute approximate surface area is 155 Å². The van der Waals surface area contributed by atoms with Gasteiger partial charge in [0.25, 0.3) is 0 Å². The fourth-order valence-corrected chi connectivity index (χ4v) is 3.07. The van der Waals surface area contributed by atoms with Gasteiger partial charge in [-0.05, 0) is 23.6 Å². The Balaban J connectivity index is 0.00000225. The monoisotopic (exact) mass is 362 g/mol. The topological polar surface area (TPSA) is 65.6 Å². The van der Waals surface area contributed by atoms with Crippen LogP contribution >= 0.6 is 12.4 Å². The van der Waals surface area contributed by atoms with Crippen LogP contribution in [0.5, 0.6) is 0 Å². The first kappa shape index (κ1) is 19.7. The molecule has 0 radical (unpaired) electrons. The predicted octanol–water partition coefficient (Wildman–Crippen LogP) is 1.69. The summed E-state index contributed by atoms with van der Waals surface area (Å²) in [7, 11) is 0. The Hall–Kier alpha value is -1.66. The minimum absolute atomic E-state index is 0. The van der Waals surface area contributed by atoms with Crippen LogP contribution in [0.2, 0.25) is 0 Å². The van der Waals surface area contributed by atoms with E-state index in [0.29, 0.717) is 6.42 Å². The molecule has 2 aromatic rings. The van der Waals surface area contributed by atoms with Gasteiger partial charge in [-0.15, -0.1) is 12.4 Å². The molecule has 25 heavy (non-hydrogen) atoms. The molecule has 3 rings (SSSR count). The highest BCUT2D eigenvalue weighted by atomic mass is 35.5. The Morgan fingerprint density at radius 3 is 2.32 bits per heavy atom. The molecule has 1 aromatic carbocycles. The second kappa shape index (κ2) is 9.73. The number of nitrogens with two attached hydrogens (primary N) is 1. The van der Waals surface area contributed by atoms with Crippen molar-refractivity contribution in [3.05, 3.63) is 59.8 Å². The summed E-state index contributed by atoms with van der Waals surface area (Å²) in [6.07, 6.45) is 2.54. The second-order valence-corrected chi connectivity index (χ2v) is 6.42. The van der Waals surface area contributed by atoms with E-state index in [2.05, 4.69) is 57.2 Å². The third kappa shape index (κ3) is 5.68. The van der Waals surface area contributed by atoms with Crippen LogP contribution in [0.1, 0.15) is 11.1 Å². The Morgan fingerprint density at radius 2 is 1.72 bits per heavy atom. The van der Waals surface area contributed by atoms with Crippen LogP contribution in [0.3, 0.4) is 0 Å². The van der Waals surface area contributed by atoms with Crippen molar-refractivity contribution in [2.75, 3.05) is 37.7 Å². The summed E-state index contributed by atoms with van der Waals surface area (Å²) in [5.41, 5.74) is 8.21. The van der Waals surface area contributed by atoms with Crippen molar-refractivity contribution in [1.82, 2.24) is 9.88 Å². The lowest BCUT2D eigenvalue weighted by molar-refractivity contribution is 0.249. The van der Waals surface area contributed by atoms with E-state index in [1.54, 1.807) is 0 Å². The molecule has 1 aliphatic rings. The number of hydrogen-bond acceptors (Lipinski definition) is 5. The van der Waals surface area contributed by atoms with Crippen LogP contribution in [0.4, 0.5) is 5.82 Å². The van der Waals surface area contributed by atoms with Gasteiger partial charge in [0, 0.05) is 45.0 Å². The van der Waals surface area contributed by atoms with E-state index in [1.165, 1.54) is 5.56 Å². The number of halogens is 1. The molecule has 1 unspecified atom stereocenters. The summed E-state index contributed by atoms with van der Waals surface area (Å²) in [6.45, 7) is 5.11. The molecule has 1 fully saturated rings. The van der Waals surface area contributed by atoms with E-state index < -0.39 is 0 Å². The summed E-state index contributed by atoms with van der Waals surface area (Å²) < 4.78 is 0. The van der Waals surface area contributed by atoms with Crippen molar-refractivity contribution >= 4 is 18.2 Å². The minimum Gasteiger partial charge on any atom is -0.395 e. The summed E-state index contributed by atoms with van der Waals surface area (Å²) >= 11 is 0. The third-order valence-corrected chi connectivity index (χ3v) is 4.49. The van der Waals surface area contributed by atoms with Crippen LogP contribution in [0, 0.1) is 0 Å².